The van der Waals surface area contributed by atoms with E-state index in [1.807, 2.05) is 18.2 Å². The molecule has 0 bridgehead atoms. The van der Waals surface area contributed by atoms with E-state index in [1.54, 1.807) is 7.11 Å². The Hall–Kier alpha value is -0.440. The van der Waals surface area contributed by atoms with Gasteiger partial charge in [-0.1, -0.05) is 17.7 Å². The first-order valence-electron chi connectivity index (χ1n) is 5.80. The molecule has 1 fully saturated rings. The van der Waals surface area contributed by atoms with E-state index in [9.17, 15) is 0 Å². The summed E-state index contributed by atoms with van der Waals surface area (Å²) in [6.45, 7) is 0.859. The Morgan fingerprint density at radius 2 is 2.35 bits per heavy atom. The van der Waals surface area contributed by atoms with Gasteiger partial charge >= 0.3 is 0 Å². The maximum Gasteiger partial charge on any atom is 0.137 e. The van der Waals surface area contributed by atoms with Crippen LogP contribution in [0.5, 0.6) is 5.75 Å². The highest BCUT2D eigenvalue weighted by Gasteiger charge is 2.21. The van der Waals surface area contributed by atoms with Gasteiger partial charge in [0, 0.05) is 6.61 Å². The van der Waals surface area contributed by atoms with Crippen LogP contribution in [0.3, 0.4) is 0 Å². The lowest BCUT2D eigenvalue weighted by molar-refractivity contribution is 0.103. The molecule has 2 rings (SSSR count). The molecule has 0 amide bonds. The maximum atomic E-state index is 6.37. The van der Waals surface area contributed by atoms with Crippen molar-refractivity contribution in [3.8, 4) is 5.75 Å². The normalized spacial score (nSPS) is 21.5. The maximum absolute atomic E-state index is 6.37. The molecular formula is C13H16Cl2O2. The molecule has 1 saturated heterocycles. The monoisotopic (exact) mass is 274 g/mol. The number of benzene rings is 1. The highest BCUT2D eigenvalue weighted by Crippen LogP contribution is 2.34. The molecule has 0 N–H and O–H groups in total. The van der Waals surface area contributed by atoms with Crippen LogP contribution in [0.25, 0.3) is 0 Å². The fourth-order valence-electron chi connectivity index (χ4n) is 2.07. The molecule has 94 valence electrons. The van der Waals surface area contributed by atoms with Gasteiger partial charge in [0.15, 0.2) is 0 Å². The van der Waals surface area contributed by atoms with Crippen LogP contribution in [-0.4, -0.2) is 19.8 Å². The first-order valence-corrected chi connectivity index (χ1v) is 6.61. The van der Waals surface area contributed by atoms with Crippen LogP contribution < -0.4 is 4.74 Å². The molecule has 4 heteroatoms. The van der Waals surface area contributed by atoms with Crippen molar-refractivity contribution in [2.75, 3.05) is 13.7 Å². The SMILES string of the molecule is COc1ccc(C(Cl)CC2CCCO2)cc1Cl. The molecule has 1 aliphatic heterocycles. The van der Waals surface area contributed by atoms with Crippen molar-refractivity contribution in [3.05, 3.63) is 28.8 Å². The Morgan fingerprint density at radius 1 is 1.53 bits per heavy atom. The summed E-state index contributed by atoms with van der Waals surface area (Å²) in [5.74, 6) is 0.677. The zero-order valence-corrected chi connectivity index (χ0v) is 11.3. The average molecular weight is 275 g/mol. The standard InChI is InChI=1S/C13H16Cl2O2/c1-16-13-5-4-9(7-12(13)15)11(14)8-10-3-2-6-17-10/h4-5,7,10-11H,2-3,6,8H2,1H3. The Kier molecular flexibility index (Phi) is 4.55. The van der Waals surface area contributed by atoms with Crippen LogP contribution in [0.15, 0.2) is 18.2 Å². The molecule has 2 atom stereocenters. The van der Waals surface area contributed by atoms with Crippen LogP contribution in [-0.2, 0) is 4.74 Å². The van der Waals surface area contributed by atoms with Crippen molar-refractivity contribution in [2.45, 2.75) is 30.7 Å². The molecule has 2 unspecified atom stereocenters. The fourth-order valence-corrected chi connectivity index (χ4v) is 2.68. The van der Waals surface area contributed by atoms with Gasteiger partial charge in [0.1, 0.15) is 5.75 Å². The van der Waals surface area contributed by atoms with Crippen LogP contribution in [0, 0.1) is 0 Å². The first-order chi connectivity index (χ1) is 8.20. The molecule has 2 nitrogen and oxygen atoms in total. The average Bonchev–Trinajstić information content (AvgIpc) is 2.81. The third kappa shape index (κ3) is 3.27. The summed E-state index contributed by atoms with van der Waals surface area (Å²) in [6, 6.07) is 5.67. The van der Waals surface area contributed by atoms with Gasteiger partial charge in [-0.05, 0) is 37.0 Å². The minimum atomic E-state index is -0.0542. The van der Waals surface area contributed by atoms with Gasteiger partial charge in [0.2, 0.25) is 0 Å². The van der Waals surface area contributed by atoms with Gasteiger partial charge in [-0.25, -0.2) is 0 Å². The lowest BCUT2D eigenvalue weighted by atomic mass is 10.0. The predicted molar refractivity (Wildman–Crippen MR) is 70.2 cm³/mol. The summed E-state index contributed by atoms with van der Waals surface area (Å²) in [7, 11) is 1.60. The lowest BCUT2D eigenvalue weighted by Gasteiger charge is -2.15. The highest BCUT2D eigenvalue weighted by atomic mass is 35.5. The molecule has 1 aromatic carbocycles. The minimum absolute atomic E-state index is 0.0542. The Balaban J connectivity index is 2.02. The molecular weight excluding hydrogens is 259 g/mol. The van der Waals surface area contributed by atoms with Crippen molar-refractivity contribution in [3.63, 3.8) is 0 Å². The first kappa shape index (κ1) is 13.0. The van der Waals surface area contributed by atoms with E-state index in [4.69, 9.17) is 32.7 Å². The van der Waals surface area contributed by atoms with Gasteiger partial charge < -0.3 is 9.47 Å². The van der Waals surface area contributed by atoms with Gasteiger partial charge in [-0.15, -0.1) is 11.6 Å². The number of alkyl halides is 1. The molecule has 0 aliphatic carbocycles. The Bertz CT molecular complexity index is 376. The number of ether oxygens (including phenoxy) is 2. The molecule has 0 aromatic heterocycles. The topological polar surface area (TPSA) is 18.5 Å². The van der Waals surface area contributed by atoms with Crippen LogP contribution >= 0.6 is 23.2 Å². The second kappa shape index (κ2) is 5.94. The molecule has 1 aromatic rings. The fraction of sp³-hybridized carbons (Fsp3) is 0.538. The second-order valence-corrected chi connectivity index (χ2v) is 5.17. The quantitative estimate of drug-likeness (QED) is 0.767. The van der Waals surface area contributed by atoms with E-state index < -0.39 is 0 Å². The van der Waals surface area contributed by atoms with Gasteiger partial charge in [-0.2, -0.15) is 0 Å². The lowest BCUT2D eigenvalue weighted by Crippen LogP contribution is -2.08. The van der Waals surface area contributed by atoms with Gasteiger partial charge in [0.25, 0.3) is 0 Å². The molecule has 0 saturated carbocycles. The smallest absolute Gasteiger partial charge is 0.137 e. The van der Waals surface area contributed by atoms with Gasteiger partial charge in [-0.3, -0.25) is 0 Å². The van der Waals surface area contributed by atoms with Gasteiger partial charge in [0.05, 0.1) is 23.6 Å². The summed E-state index contributed by atoms with van der Waals surface area (Å²) in [4.78, 5) is 0. The number of rotatable bonds is 4. The summed E-state index contributed by atoms with van der Waals surface area (Å²) in [6.07, 6.45) is 3.37. The molecule has 0 radical (unpaired) electrons. The van der Waals surface area contributed by atoms with Crippen molar-refractivity contribution in [1.29, 1.82) is 0 Å². The van der Waals surface area contributed by atoms with E-state index in [0.29, 0.717) is 16.9 Å². The zero-order valence-electron chi connectivity index (χ0n) is 9.79. The number of methoxy groups -OCH3 is 1. The third-order valence-electron chi connectivity index (χ3n) is 3.03. The summed E-state index contributed by atoms with van der Waals surface area (Å²) < 4.78 is 10.7. The number of hydrogen-bond acceptors (Lipinski definition) is 2. The number of halogens is 2. The van der Waals surface area contributed by atoms with E-state index in [1.165, 1.54) is 0 Å². The van der Waals surface area contributed by atoms with E-state index in [-0.39, 0.29) is 5.38 Å². The highest BCUT2D eigenvalue weighted by molar-refractivity contribution is 6.32. The van der Waals surface area contributed by atoms with Crippen LogP contribution in [0.2, 0.25) is 5.02 Å². The molecule has 17 heavy (non-hydrogen) atoms. The predicted octanol–water partition coefficient (Wildman–Crippen LogP) is 4.20. The summed E-state index contributed by atoms with van der Waals surface area (Å²) in [5, 5.41) is 0.546. The van der Waals surface area contributed by atoms with E-state index in [2.05, 4.69) is 0 Å². The largest absolute Gasteiger partial charge is 0.495 e. The Morgan fingerprint density at radius 3 is 2.94 bits per heavy atom. The molecule has 0 spiro atoms. The van der Waals surface area contributed by atoms with E-state index in [0.717, 1.165) is 31.4 Å². The van der Waals surface area contributed by atoms with Crippen molar-refractivity contribution in [2.24, 2.45) is 0 Å². The Labute approximate surface area is 112 Å². The number of hydrogen-bond donors (Lipinski definition) is 0. The van der Waals surface area contributed by atoms with Crippen molar-refractivity contribution < 1.29 is 9.47 Å². The van der Waals surface area contributed by atoms with Crippen molar-refractivity contribution >= 4 is 23.2 Å². The van der Waals surface area contributed by atoms with Crippen molar-refractivity contribution in [1.82, 2.24) is 0 Å². The summed E-state index contributed by atoms with van der Waals surface area (Å²) >= 11 is 12.4. The molecule has 1 aliphatic rings. The third-order valence-corrected chi connectivity index (χ3v) is 3.76. The molecule has 1 heterocycles. The summed E-state index contributed by atoms with van der Waals surface area (Å²) in [5.41, 5.74) is 1.02. The minimum Gasteiger partial charge on any atom is -0.495 e. The zero-order chi connectivity index (χ0) is 12.3. The van der Waals surface area contributed by atoms with E-state index >= 15 is 0 Å². The van der Waals surface area contributed by atoms with Crippen LogP contribution in [0.1, 0.15) is 30.2 Å². The van der Waals surface area contributed by atoms with Crippen LogP contribution in [0.4, 0.5) is 0 Å². The second-order valence-electron chi connectivity index (χ2n) is 4.23.